The van der Waals surface area contributed by atoms with Crippen molar-refractivity contribution in [3.63, 3.8) is 0 Å². The molecule has 0 unspecified atom stereocenters. The third-order valence-corrected chi connectivity index (χ3v) is 0. The first-order chi connectivity index (χ1) is 2.00. The number of rotatable bonds is 0. The predicted molar refractivity (Wildman–Crippen MR) is 13.4 cm³/mol. The Morgan fingerprint density at radius 2 is 1.00 bits per heavy atom. The van der Waals surface area contributed by atoms with E-state index >= 15 is 0 Å². The minimum Gasteiger partial charge on any atom is -0.822 e. The molecule has 0 aromatic heterocycles. The Kier molecular flexibility index (Phi) is 28.0. The summed E-state index contributed by atoms with van der Waals surface area (Å²) in [5.41, 5.74) is 0. The summed E-state index contributed by atoms with van der Waals surface area (Å²) in [4.78, 5) is 25.6. The van der Waals surface area contributed by atoms with Crippen molar-refractivity contribution in [3.8, 4) is 0 Å². The molecule has 0 rings (SSSR count). The van der Waals surface area contributed by atoms with E-state index in [1.54, 1.807) is 0 Å². The van der Waals surface area contributed by atoms with Crippen LogP contribution in [0.5, 0.6) is 0 Å². The van der Waals surface area contributed by atoms with Crippen LogP contribution in [-0.2, 0) is 4.57 Å². The fraction of sp³-hybridized carbons (Fsp3) is 0. The standard InChI is InChI=1S/Bi.2Na.H3O4P/c;;;1-5(2,3)4/h;;;(H3,1,2,3,4)/q+3;2*+1;/p-3. The molecule has 0 saturated heterocycles. The molecule has 4 nitrogen and oxygen atoms in total. The van der Waals surface area contributed by atoms with Crippen molar-refractivity contribution in [3.05, 3.63) is 0 Å². The van der Waals surface area contributed by atoms with Crippen molar-refractivity contribution in [1.82, 2.24) is 0 Å². The Morgan fingerprint density at radius 1 is 1.00 bits per heavy atom. The molecule has 0 aromatic rings. The monoisotopic (exact) mass is 350 g/mol. The first-order valence-electron chi connectivity index (χ1n) is 0.730. The fourth-order valence-corrected chi connectivity index (χ4v) is 0. The van der Waals surface area contributed by atoms with Gasteiger partial charge in [0.05, 0.1) is 0 Å². The summed E-state index contributed by atoms with van der Waals surface area (Å²) in [6, 6.07) is 0. The summed E-state index contributed by atoms with van der Waals surface area (Å²) >= 11 is 0. The van der Waals surface area contributed by atoms with Gasteiger partial charge in [-0.05, 0) is 0 Å². The van der Waals surface area contributed by atoms with Gasteiger partial charge in [-0.2, -0.15) is 7.82 Å². The van der Waals surface area contributed by atoms with Gasteiger partial charge in [-0.1, -0.05) is 0 Å². The minimum absolute atomic E-state index is 0. The maximum Gasteiger partial charge on any atom is 3.00 e. The summed E-state index contributed by atoms with van der Waals surface area (Å²) in [5.74, 6) is 0. The van der Waals surface area contributed by atoms with Gasteiger partial charge in [0.15, 0.2) is 0 Å². The van der Waals surface area contributed by atoms with Crippen LogP contribution in [0.4, 0.5) is 0 Å². The Morgan fingerprint density at radius 3 is 1.00 bits per heavy atom. The van der Waals surface area contributed by atoms with E-state index in [9.17, 15) is 0 Å². The second-order valence-corrected chi connectivity index (χ2v) is 1.34. The van der Waals surface area contributed by atoms with Crippen LogP contribution in [0, 0.1) is 0 Å². The molecular formula is BiNa2O4P+2. The van der Waals surface area contributed by atoms with Gasteiger partial charge in [-0.3, -0.25) is 0 Å². The van der Waals surface area contributed by atoms with Crippen LogP contribution in [0.1, 0.15) is 0 Å². The average molecular weight is 350 g/mol. The molecule has 8 heteroatoms. The second kappa shape index (κ2) is 9.99. The molecule has 0 fully saturated rings. The Hall–Kier alpha value is 2.99. The third kappa shape index (κ3) is 64.1. The van der Waals surface area contributed by atoms with Gasteiger partial charge in [-0.15, -0.1) is 0 Å². The van der Waals surface area contributed by atoms with Crippen LogP contribution in [0.25, 0.3) is 0 Å². The second-order valence-electron chi connectivity index (χ2n) is 0.447. The molecule has 0 aromatic carbocycles. The van der Waals surface area contributed by atoms with Gasteiger partial charge < -0.3 is 19.2 Å². The van der Waals surface area contributed by atoms with Crippen molar-refractivity contribution < 1.29 is 78.4 Å². The summed E-state index contributed by atoms with van der Waals surface area (Å²) in [7, 11) is -5.39. The largest absolute Gasteiger partial charge is 3.00 e. The van der Waals surface area contributed by atoms with E-state index in [1.165, 1.54) is 0 Å². The van der Waals surface area contributed by atoms with Gasteiger partial charge in [-0.25, -0.2) is 0 Å². The van der Waals surface area contributed by atoms with E-state index in [4.69, 9.17) is 19.2 Å². The maximum absolute atomic E-state index is 8.55. The molecule has 0 aliphatic heterocycles. The van der Waals surface area contributed by atoms with Crippen LogP contribution < -0.4 is 73.8 Å². The molecule has 0 aliphatic carbocycles. The fourth-order valence-electron chi connectivity index (χ4n) is 0. The zero-order valence-corrected chi connectivity index (χ0v) is 12.9. The van der Waals surface area contributed by atoms with Crippen molar-refractivity contribution >= 4 is 34.0 Å². The van der Waals surface area contributed by atoms with Gasteiger partial charge in [0, 0.05) is 0 Å². The van der Waals surface area contributed by atoms with Gasteiger partial charge in [0.2, 0.25) is 0 Å². The van der Waals surface area contributed by atoms with E-state index in [0.29, 0.717) is 0 Å². The van der Waals surface area contributed by atoms with E-state index in [1.807, 2.05) is 0 Å². The molecule has 0 amide bonds. The van der Waals surface area contributed by atoms with Crippen LogP contribution >= 0.6 is 7.82 Å². The molecule has 2 radical (unpaired) electrons. The normalized spacial score (nSPS) is 7.38. The SMILES string of the molecule is O=P([O-])([O-])[O-].[Bi+3].[Na+].[Na+]. The first kappa shape index (κ1) is 22.4. The zero-order chi connectivity index (χ0) is 4.50. The Bertz CT molecular complexity index is 60.2. The van der Waals surface area contributed by atoms with E-state index in [2.05, 4.69) is 0 Å². The van der Waals surface area contributed by atoms with E-state index < -0.39 is 7.82 Å². The van der Waals surface area contributed by atoms with Crippen molar-refractivity contribution in [2.24, 2.45) is 0 Å². The molecule has 0 atom stereocenters. The van der Waals surface area contributed by atoms with Crippen molar-refractivity contribution in [1.29, 1.82) is 0 Å². The quantitative estimate of drug-likeness (QED) is 0.321. The van der Waals surface area contributed by atoms with Crippen molar-refractivity contribution in [2.75, 3.05) is 0 Å². The number of phosphoric acid groups is 1. The summed E-state index contributed by atoms with van der Waals surface area (Å²) in [5, 5.41) is 0. The molecule has 8 heavy (non-hydrogen) atoms. The van der Waals surface area contributed by atoms with Crippen LogP contribution in [-0.4, -0.2) is 26.2 Å². The van der Waals surface area contributed by atoms with Crippen LogP contribution in [0.3, 0.4) is 0 Å². The molecule has 0 bridgehead atoms. The smallest absolute Gasteiger partial charge is 0.822 e. The summed E-state index contributed by atoms with van der Waals surface area (Å²) in [6.45, 7) is 0. The van der Waals surface area contributed by atoms with Gasteiger partial charge in [0.1, 0.15) is 0 Å². The molecule has 34 valence electrons. The average Bonchev–Trinajstić information content (AvgIpc) is 0.722. The van der Waals surface area contributed by atoms with E-state index in [0.717, 1.165) is 0 Å². The number of hydrogen-bond acceptors (Lipinski definition) is 4. The Labute approximate surface area is 110 Å². The molecule has 0 spiro atoms. The molecule has 0 aliphatic rings. The van der Waals surface area contributed by atoms with Crippen molar-refractivity contribution in [2.45, 2.75) is 0 Å². The molecular weight excluding hydrogens is 350 g/mol. The van der Waals surface area contributed by atoms with E-state index in [-0.39, 0.29) is 85.3 Å². The summed E-state index contributed by atoms with van der Waals surface area (Å²) < 4.78 is 8.55. The van der Waals surface area contributed by atoms with Crippen LogP contribution in [0.15, 0.2) is 0 Å². The summed E-state index contributed by atoms with van der Waals surface area (Å²) in [6.07, 6.45) is 0. The molecule has 0 heterocycles. The predicted octanol–water partition coefficient (Wildman–Crippen LogP) is -9.20. The minimum atomic E-state index is -5.39. The topological polar surface area (TPSA) is 86.2 Å². The maximum atomic E-state index is 8.55. The zero-order valence-electron chi connectivity index (χ0n) is 4.53. The third-order valence-electron chi connectivity index (χ3n) is 0. The molecule has 0 saturated carbocycles. The van der Waals surface area contributed by atoms with Crippen LogP contribution in [0.2, 0.25) is 0 Å². The van der Waals surface area contributed by atoms with Gasteiger partial charge >= 0.3 is 85.3 Å². The molecule has 0 N–H and O–H groups in total. The first-order valence-corrected chi connectivity index (χ1v) is 2.19. The Balaban J connectivity index is -0.0000000267. The number of hydrogen-bond donors (Lipinski definition) is 0. The van der Waals surface area contributed by atoms with Gasteiger partial charge in [0.25, 0.3) is 0 Å².